The van der Waals surface area contributed by atoms with Gasteiger partial charge in [0.15, 0.2) is 9.84 Å². The number of carbonyl (C=O) groups is 1. The minimum absolute atomic E-state index is 0.0234. The first kappa shape index (κ1) is 26.8. The third kappa shape index (κ3) is 7.87. The molecule has 1 fully saturated rings. The van der Waals surface area contributed by atoms with Gasteiger partial charge in [0.2, 0.25) is 0 Å². The molecule has 2 amide bonds. The van der Waals surface area contributed by atoms with Gasteiger partial charge in [-0.15, -0.1) is 0 Å². The van der Waals surface area contributed by atoms with Crippen LogP contribution in [0, 0.1) is 11.8 Å². The second kappa shape index (κ2) is 11.8. The number of hydrogen-bond acceptors (Lipinski definition) is 4. The van der Waals surface area contributed by atoms with E-state index in [1.54, 1.807) is 12.1 Å². The molecule has 2 aromatic carbocycles. The molecule has 1 saturated heterocycles. The van der Waals surface area contributed by atoms with Crippen molar-refractivity contribution in [2.45, 2.75) is 44.0 Å². The topological polar surface area (TPSA) is 78.5 Å². The zero-order valence-corrected chi connectivity index (χ0v) is 22.2. The predicted molar refractivity (Wildman–Crippen MR) is 140 cm³/mol. The Balaban J connectivity index is 1.50. The Bertz CT molecular complexity index is 1100. The first-order valence-corrected chi connectivity index (χ1v) is 14.2. The minimum Gasteiger partial charge on any atom is -0.334 e. The van der Waals surface area contributed by atoms with Gasteiger partial charge < -0.3 is 15.5 Å². The molecule has 9 heteroatoms. The van der Waals surface area contributed by atoms with E-state index < -0.39 is 9.84 Å². The van der Waals surface area contributed by atoms with Crippen molar-refractivity contribution >= 4 is 44.8 Å². The largest absolute Gasteiger partial charge is 0.334 e. The number of sulfone groups is 1. The number of rotatable bonds is 8. The lowest BCUT2D eigenvalue weighted by molar-refractivity contribution is 0.157. The van der Waals surface area contributed by atoms with Gasteiger partial charge in [0.05, 0.1) is 14.9 Å². The van der Waals surface area contributed by atoms with E-state index in [4.69, 9.17) is 23.2 Å². The van der Waals surface area contributed by atoms with Crippen LogP contribution in [0.3, 0.4) is 0 Å². The molecular formula is C25H33Cl2N3O3S. The van der Waals surface area contributed by atoms with Crippen LogP contribution in [-0.4, -0.2) is 51.3 Å². The summed E-state index contributed by atoms with van der Waals surface area (Å²) in [6.45, 7) is 6.91. The predicted octanol–water partition coefficient (Wildman–Crippen LogP) is 5.50. The highest BCUT2D eigenvalue weighted by molar-refractivity contribution is 7.90. The van der Waals surface area contributed by atoms with Crippen molar-refractivity contribution in [3.05, 3.63) is 58.1 Å². The van der Waals surface area contributed by atoms with Crippen LogP contribution in [0.1, 0.15) is 32.3 Å². The Hall–Kier alpha value is -1.80. The zero-order valence-electron chi connectivity index (χ0n) is 19.9. The lowest BCUT2D eigenvalue weighted by Crippen LogP contribution is -2.49. The van der Waals surface area contributed by atoms with E-state index in [1.807, 2.05) is 18.2 Å². The minimum atomic E-state index is -3.34. The number of nitrogens with zero attached hydrogens (tertiary/aromatic N) is 1. The van der Waals surface area contributed by atoms with Crippen LogP contribution in [0.15, 0.2) is 47.4 Å². The van der Waals surface area contributed by atoms with Gasteiger partial charge in [0.1, 0.15) is 0 Å². The summed E-state index contributed by atoms with van der Waals surface area (Å²) in [4.78, 5) is 15.2. The standard InChI is InChI=1S/C25H33Cl2N3O3S/c1-17(2)24(29-25(31)28-20-5-4-6-21(15-20)34(3,32)33)16-30-11-9-18(10-12-30)13-19-7-8-22(26)23(27)14-19/h4-8,14-15,17-18,24H,9-13,16H2,1-3H3,(H2,28,29,31). The molecule has 2 aromatic rings. The Morgan fingerprint density at radius 2 is 1.79 bits per heavy atom. The van der Waals surface area contributed by atoms with E-state index in [9.17, 15) is 13.2 Å². The molecule has 186 valence electrons. The maximum absolute atomic E-state index is 12.6. The van der Waals surface area contributed by atoms with Gasteiger partial charge in [-0.2, -0.15) is 0 Å². The molecule has 1 unspecified atom stereocenters. The maximum atomic E-state index is 12.6. The molecule has 1 atom stereocenters. The van der Waals surface area contributed by atoms with Crippen LogP contribution >= 0.6 is 23.2 Å². The number of halogens is 2. The van der Waals surface area contributed by atoms with Crippen LogP contribution < -0.4 is 10.6 Å². The fourth-order valence-electron chi connectivity index (χ4n) is 4.21. The van der Waals surface area contributed by atoms with E-state index in [0.717, 1.165) is 45.2 Å². The number of likely N-dealkylation sites (tertiary alicyclic amines) is 1. The molecule has 0 bridgehead atoms. The summed E-state index contributed by atoms with van der Waals surface area (Å²) in [5, 5.41) is 7.02. The lowest BCUT2D eigenvalue weighted by Gasteiger charge is -2.35. The number of amides is 2. The molecule has 2 N–H and O–H groups in total. The number of benzene rings is 2. The van der Waals surface area contributed by atoms with E-state index >= 15 is 0 Å². The highest BCUT2D eigenvalue weighted by Gasteiger charge is 2.24. The van der Waals surface area contributed by atoms with Crippen LogP contribution in [0.2, 0.25) is 10.0 Å². The van der Waals surface area contributed by atoms with Crippen molar-refractivity contribution < 1.29 is 13.2 Å². The molecule has 3 rings (SSSR count). The number of nitrogens with one attached hydrogen (secondary N) is 2. The molecular weight excluding hydrogens is 493 g/mol. The van der Waals surface area contributed by atoms with Crippen LogP contribution in [0.4, 0.5) is 10.5 Å². The molecule has 0 saturated carbocycles. The molecule has 1 heterocycles. The molecule has 0 aromatic heterocycles. The first-order valence-electron chi connectivity index (χ1n) is 11.5. The fourth-order valence-corrected chi connectivity index (χ4v) is 5.20. The van der Waals surface area contributed by atoms with Gasteiger partial charge in [-0.25, -0.2) is 13.2 Å². The van der Waals surface area contributed by atoms with Gasteiger partial charge in [-0.05, 0) is 80.1 Å². The number of urea groups is 1. The van der Waals surface area contributed by atoms with E-state index in [-0.39, 0.29) is 22.9 Å². The molecule has 1 aliphatic rings. The zero-order chi connectivity index (χ0) is 24.9. The van der Waals surface area contributed by atoms with Crippen molar-refractivity contribution in [1.82, 2.24) is 10.2 Å². The number of carbonyl (C=O) groups excluding carboxylic acids is 1. The molecule has 0 radical (unpaired) electrons. The van der Waals surface area contributed by atoms with Crippen LogP contribution in [0.25, 0.3) is 0 Å². The summed E-state index contributed by atoms with van der Waals surface area (Å²) in [5.74, 6) is 0.853. The summed E-state index contributed by atoms with van der Waals surface area (Å²) in [6.07, 6.45) is 4.32. The van der Waals surface area contributed by atoms with Gasteiger partial charge >= 0.3 is 6.03 Å². The third-order valence-electron chi connectivity index (χ3n) is 6.31. The Morgan fingerprint density at radius 1 is 1.09 bits per heavy atom. The van der Waals surface area contributed by atoms with E-state index in [0.29, 0.717) is 21.7 Å². The van der Waals surface area contributed by atoms with Crippen molar-refractivity contribution in [3.63, 3.8) is 0 Å². The SMILES string of the molecule is CC(C)C(CN1CCC(Cc2ccc(Cl)c(Cl)c2)CC1)NC(=O)Nc1cccc(S(C)(=O)=O)c1. The second-order valence-electron chi connectivity index (χ2n) is 9.45. The van der Waals surface area contributed by atoms with Crippen molar-refractivity contribution in [3.8, 4) is 0 Å². The van der Waals surface area contributed by atoms with Gasteiger partial charge in [-0.3, -0.25) is 0 Å². The Labute approximate surface area is 212 Å². The number of anilines is 1. The summed E-state index contributed by atoms with van der Waals surface area (Å²) in [5.41, 5.74) is 1.66. The average Bonchev–Trinajstić information content (AvgIpc) is 2.76. The third-order valence-corrected chi connectivity index (χ3v) is 8.16. The summed E-state index contributed by atoms with van der Waals surface area (Å²) in [6, 6.07) is 11.8. The van der Waals surface area contributed by atoms with E-state index in [2.05, 4.69) is 29.4 Å². The summed E-state index contributed by atoms with van der Waals surface area (Å²) >= 11 is 12.2. The summed E-state index contributed by atoms with van der Waals surface area (Å²) < 4.78 is 23.5. The molecule has 1 aliphatic heterocycles. The Kier molecular flexibility index (Phi) is 9.27. The normalized spacial score (nSPS) is 16.4. The van der Waals surface area contributed by atoms with Crippen molar-refractivity contribution in [1.29, 1.82) is 0 Å². The van der Waals surface area contributed by atoms with Gasteiger partial charge in [0, 0.05) is 24.5 Å². The second-order valence-corrected chi connectivity index (χ2v) is 12.3. The van der Waals surface area contributed by atoms with Gasteiger partial charge in [-0.1, -0.05) is 49.2 Å². The lowest BCUT2D eigenvalue weighted by atomic mass is 9.89. The molecule has 0 aliphatic carbocycles. The monoisotopic (exact) mass is 525 g/mol. The highest BCUT2D eigenvalue weighted by Crippen LogP contribution is 2.27. The fraction of sp³-hybridized carbons (Fsp3) is 0.480. The molecule has 0 spiro atoms. The molecule has 6 nitrogen and oxygen atoms in total. The summed E-state index contributed by atoms with van der Waals surface area (Å²) in [7, 11) is -3.34. The smallest absolute Gasteiger partial charge is 0.319 e. The number of hydrogen-bond donors (Lipinski definition) is 2. The molecule has 34 heavy (non-hydrogen) atoms. The van der Waals surface area contributed by atoms with Crippen LogP contribution in [-0.2, 0) is 16.3 Å². The average molecular weight is 527 g/mol. The van der Waals surface area contributed by atoms with Crippen molar-refractivity contribution in [2.24, 2.45) is 11.8 Å². The highest BCUT2D eigenvalue weighted by atomic mass is 35.5. The quantitative estimate of drug-likeness (QED) is 0.476. The first-order chi connectivity index (χ1) is 16.0. The van der Waals surface area contributed by atoms with Crippen molar-refractivity contribution in [2.75, 3.05) is 31.2 Å². The maximum Gasteiger partial charge on any atom is 0.319 e. The van der Waals surface area contributed by atoms with Gasteiger partial charge in [0.25, 0.3) is 0 Å². The number of piperidine rings is 1. The van der Waals surface area contributed by atoms with Crippen LogP contribution in [0.5, 0.6) is 0 Å². The Morgan fingerprint density at radius 3 is 2.41 bits per heavy atom. The van der Waals surface area contributed by atoms with E-state index in [1.165, 1.54) is 17.7 Å².